The first-order valence-electron chi connectivity index (χ1n) is 9.95. The van der Waals surface area contributed by atoms with Crippen LogP contribution in [-0.4, -0.2) is 38.1 Å². The Bertz CT molecular complexity index is 879. The van der Waals surface area contributed by atoms with Gasteiger partial charge in [0.15, 0.2) is 5.96 Å². The number of ether oxygens (including phenoxy) is 1. The number of hydrogen-bond donors (Lipinski definition) is 2. The van der Waals surface area contributed by atoms with Gasteiger partial charge in [0.1, 0.15) is 12.4 Å². The lowest BCUT2D eigenvalue weighted by atomic mass is 10.2. The average molecular weight is 393 g/mol. The van der Waals surface area contributed by atoms with E-state index in [4.69, 9.17) is 4.74 Å². The van der Waals surface area contributed by atoms with E-state index in [-0.39, 0.29) is 12.5 Å². The number of nitrogens with zero attached hydrogens (tertiary/aromatic N) is 2. The van der Waals surface area contributed by atoms with Gasteiger partial charge in [0, 0.05) is 24.3 Å². The molecule has 0 spiro atoms. The lowest BCUT2D eigenvalue weighted by Crippen LogP contribution is -2.44. The number of hydrogen-bond acceptors (Lipinski definition) is 3. The van der Waals surface area contributed by atoms with Gasteiger partial charge in [0.2, 0.25) is 5.91 Å². The molecular weight excluding hydrogens is 364 g/mol. The molecule has 0 saturated heterocycles. The van der Waals surface area contributed by atoms with Crippen molar-refractivity contribution in [3.63, 3.8) is 0 Å². The fraction of sp³-hybridized carbons (Fsp3) is 0.304. The molecule has 1 aliphatic rings. The van der Waals surface area contributed by atoms with Gasteiger partial charge in [-0.05, 0) is 31.0 Å². The Hall–Kier alpha value is -3.28. The highest BCUT2D eigenvalue weighted by Crippen LogP contribution is 2.27. The van der Waals surface area contributed by atoms with Crippen molar-refractivity contribution < 1.29 is 9.53 Å². The van der Waals surface area contributed by atoms with Gasteiger partial charge in [-0.2, -0.15) is 0 Å². The number of carbonyl (C=O) groups excluding carboxylic acids is 1. The van der Waals surface area contributed by atoms with Crippen LogP contribution in [0.2, 0.25) is 0 Å². The quantitative estimate of drug-likeness (QED) is 0.412. The van der Waals surface area contributed by atoms with E-state index in [2.05, 4.69) is 28.3 Å². The second-order valence-corrected chi connectivity index (χ2v) is 6.68. The summed E-state index contributed by atoms with van der Waals surface area (Å²) in [5.74, 6) is 1.43. The third-order valence-corrected chi connectivity index (χ3v) is 4.68. The van der Waals surface area contributed by atoms with Gasteiger partial charge in [0.25, 0.3) is 0 Å². The largest absolute Gasteiger partial charge is 0.489 e. The fourth-order valence-electron chi connectivity index (χ4n) is 3.28. The Morgan fingerprint density at radius 2 is 2.00 bits per heavy atom. The van der Waals surface area contributed by atoms with Crippen LogP contribution in [0.25, 0.3) is 0 Å². The van der Waals surface area contributed by atoms with Gasteiger partial charge in [-0.15, -0.1) is 0 Å². The van der Waals surface area contributed by atoms with E-state index in [1.807, 2.05) is 54.3 Å². The second-order valence-electron chi connectivity index (χ2n) is 6.68. The molecule has 2 N–H and O–H groups in total. The number of benzene rings is 2. The van der Waals surface area contributed by atoms with Crippen molar-refractivity contribution >= 4 is 17.6 Å². The number of guanidine groups is 1. The smallest absolute Gasteiger partial charge is 0.246 e. The van der Waals surface area contributed by atoms with Gasteiger partial charge >= 0.3 is 0 Å². The number of carbonyl (C=O) groups is 1. The number of fused-ring (bicyclic) bond motifs is 1. The van der Waals surface area contributed by atoms with Crippen molar-refractivity contribution in [2.24, 2.45) is 4.99 Å². The zero-order valence-electron chi connectivity index (χ0n) is 16.9. The molecule has 6 nitrogen and oxygen atoms in total. The van der Waals surface area contributed by atoms with Crippen LogP contribution in [-0.2, 0) is 17.8 Å². The molecule has 0 bridgehead atoms. The van der Waals surface area contributed by atoms with E-state index in [1.165, 1.54) is 5.56 Å². The first kappa shape index (κ1) is 20.5. The zero-order valence-corrected chi connectivity index (χ0v) is 16.9. The molecule has 0 fully saturated rings. The summed E-state index contributed by atoms with van der Waals surface area (Å²) in [6.45, 7) is 8.20. The third-order valence-electron chi connectivity index (χ3n) is 4.68. The summed E-state index contributed by atoms with van der Waals surface area (Å²) < 4.78 is 5.69. The number of anilines is 1. The number of nitrogens with one attached hydrogen (secondary N) is 2. The van der Waals surface area contributed by atoms with E-state index in [0.29, 0.717) is 25.7 Å². The molecule has 0 saturated carbocycles. The molecule has 0 unspecified atom stereocenters. The molecular formula is C23H28N4O2. The number of amides is 1. The number of para-hydroxylation sites is 2. The minimum atomic E-state index is 0.0373. The van der Waals surface area contributed by atoms with Crippen LogP contribution in [0.3, 0.4) is 0 Å². The molecule has 2 aromatic carbocycles. The lowest BCUT2D eigenvalue weighted by molar-refractivity contribution is -0.117. The summed E-state index contributed by atoms with van der Waals surface area (Å²) in [6.07, 6.45) is 2.62. The van der Waals surface area contributed by atoms with E-state index in [1.54, 1.807) is 6.08 Å². The minimum absolute atomic E-state index is 0.0373. The van der Waals surface area contributed by atoms with Gasteiger partial charge < -0.3 is 20.3 Å². The van der Waals surface area contributed by atoms with Crippen LogP contribution in [0.4, 0.5) is 5.69 Å². The molecule has 6 heteroatoms. The van der Waals surface area contributed by atoms with Crippen molar-refractivity contribution in [3.8, 4) is 5.75 Å². The van der Waals surface area contributed by atoms with Crippen LogP contribution in [0.5, 0.6) is 5.75 Å². The minimum Gasteiger partial charge on any atom is -0.489 e. The second kappa shape index (κ2) is 10.3. The van der Waals surface area contributed by atoms with E-state index in [0.717, 1.165) is 30.0 Å². The Morgan fingerprint density at radius 1 is 1.21 bits per heavy atom. The molecule has 29 heavy (non-hydrogen) atoms. The topological polar surface area (TPSA) is 66.0 Å². The highest BCUT2D eigenvalue weighted by molar-refractivity contribution is 5.98. The molecule has 3 rings (SSSR count). The maximum atomic E-state index is 12.7. The standard InChI is InChI=1S/C23H28N4O2/c1-3-15-29-21-12-8-6-10-19(21)16-25-23(24-4-2)26-17-22(28)27-14-13-18-9-5-7-11-20(18)27/h3,5-12H,1,4,13-17H2,2H3,(H2,24,25,26). The summed E-state index contributed by atoms with van der Waals surface area (Å²) in [4.78, 5) is 19.2. The number of rotatable bonds is 8. The molecule has 152 valence electrons. The first-order chi connectivity index (χ1) is 14.2. The Balaban J connectivity index is 1.62. The van der Waals surface area contributed by atoms with Crippen molar-refractivity contribution in [1.29, 1.82) is 0 Å². The number of aliphatic imine (C=N–C) groups is 1. The highest BCUT2D eigenvalue weighted by atomic mass is 16.5. The zero-order chi connectivity index (χ0) is 20.5. The Morgan fingerprint density at radius 3 is 2.83 bits per heavy atom. The Labute approximate surface area is 172 Å². The predicted molar refractivity (Wildman–Crippen MR) is 117 cm³/mol. The molecule has 0 radical (unpaired) electrons. The molecule has 1 amide bonds. The van der Waals surface area contributed by atoms with Gasteiger partial charge in [-0.1, -0.05) is 49.1 Å². The van der Waals surface area contributed by atoms with Gasteiger partial charge in [-0.25, -0.2) is 4.99 Å². The summed E-state index contributed by atoms with van der Waals surface area (Å²) in [5, 5.41) is 6.34. The molecule has 1 heterocycles. The highest BCUT2D eigenvalue weighted by Gasteiger charge is 2.23. The van der Waals surface area contributed by atoms with Gasteiger partial charge in [-0.3, -0.25) is 4.79 Å². The van der Waals surface area contributed by atoms with Crippen LogP contribution in [0.15, 0.2) is 66.2 Å². The maximum absolute atomic E-state index is 12.7. The fourth-order valence-corrected chi connectivity index (χ4v) is 3.28. The van der Waals surface area contributed by atoms with Crippen molar-refractivity contribution in [3.05, 3.63) is 72.3 Å². The Kier molecular flexibility index (Phi) is 7.28. The van der Waals surface area contributed by atoms with E-state index < -0.39 is 0 Å². The molecule has 0 atom stereocenters. The van der Waals surface area contributed by atoms with E-state index in [9.17, 15) is 4.79 Å². The maximum Gasteiger partial charge on any atom is 0.246 e. The molecule has 0 aromatic heterocycles. The summed E-state index contributed by atoms with van der Waals surface area (Å²) >= 11 is 0. The predicted octanol–water partition coefficient (Wildman–Crippen LogP) is 2.90. The lowest BCUT2D eigenvalue weighted by Gasteiger charge is -2.19. The van der Waals surface area contributed by atoms with Crippen LogP contribution < -0.4 is 20.3 Å². The van der Waals surface area contributed by atoms with Gasteiger partial charge in [0.05, 0.1) is 13.1 Å². The molecule has 0 aliphatic carbocycles. The van der Waals surface area contributed by atoms with Crippen LogP contribution >= 0.6 is 0 Å². The SMILES string of the molecule is C=CCOc1ccccc1CN=C(NCC)NCC(=O)N1CCc2ccccc21. The van der Waals surface area contributed by atoms with Crippen molar-refractivity contribution in [1.82, 2.24) is 10.6 Å². The molecule has 2 aromatic rings. The van der Waals surface area contributed by atoms with Crippen molar-refractivity contribution in [2.75, 3.05) is 31.1 Å². The summed E-state index contributed by atoms with van der Waals surface area (Å²) in [7, 11) is 0. The van der Waals surface area contributed by atoms with E-state index >= 15 is 0 Å². The first-order valence-corrected chi connectivity index (χ1v) is 9.95. The average Bonchev–Trinajstić information content (AvgIpc) is 3.19. The monoisotopic (exact) mass is 392 g/mol. The third kappa shape index (κ3) is 5.38. The van der Waals surface area contributed by atoms with Crippen LogP contribution in [0.1, 0.15) is 18.1 Å². The van der Waals surface area contributed by atoms with Crippen molar-refractivity contribution in [2.45, 2.75) is 19.9 Å². The molecule has 1 aliphatic heterocycles. The summed E-state index contributed by atoms with van der Waals surface area (Å²) in [5.41, 5.74) is 3.21. The van der Waals surface area contributed by atoms with Crippen LogP contribution in [0, 0.1) is 0 Å². The summed E-state index contributed by atoms with van der Waals surface area (Å²) in [6, 6.07) is 15.9. The normalized spacial score (nSPS) is 13.0.